The number of rotatable bonds is 3. The van der Waals surface area contributed by atoms with Crippen molar-refractivity contribution in [3.63, 3.8) is 0 Å². The van der Waals surface area contributed by atoms with Gasteiger partial charge in [0.15, 0.2) is 0 Å². The van der Waals surface area contributed by atoms with Gasteiger partial charge in [-0.1, -0.05) is 53.2 Å². The van der Waals surface area contributed by atoms with Gasteiger partial charge in [0, 0.05) is 4.47 Å². The third-order valence-corrected chi connectivity index (χ3v) is 5.20. The lowest BCUT2D eigenvalue weighted by atomic mass is 9.60. The summed E-state index contributed by atoms with van der Waals surface area (Å²) in [5.74, 6) is 2.90. The highest BCUT2D eigenvalue weighted by atomic mass is 79.9. The van der Waals surface area contributed by atoms with Crippen LogP contribution in [0.15, 0.2) is 53.0 Å². The average molecular weight is 331 g/mol. The van der Waals surface area contributed by atoms with Gasteiger partial charge in [0.1, 0.15) is 5.75 Å². The van der Waals surface area contributed by atoms with Crippen LogP contribution in [0.3, 0.4) is 0 Å². The first kappa shape index (κ1) is 13.7. The molecular weight excluding hydrogens is 312 g/mol. The molecule has 0 amide bonds. The fourth-order valence-corrected chi connectivity index (χ4v) is 3.91. The van der Waals surface area contributed by atoms with Crippen LogP contribution < -0.4 is 4.74 Å². The third kappa shape index (κ3) is 2.37. The molecule has 1 fully saturated rings. The van der Waals surface area contributed by atoms with Crippen molar-refractivity contribution in [3.05, 3.63) is 64.1 Å². The lowest BCUT2D eigenvalue weighted by Gasteiger charge is -2.44. The largest absolute Gasteiger partial charge is 0.497 e. The summed E-state index contributed by atoms with van der Waals surface area (Å²) in [5.41, 5.74) is 2.86. The van der Waals surface area contributed by atoms with E-state index in [9.17, 15) is 0 Å². The molecule has 0 aromatic heterocycles. The highest BCUT2D eigenvalue weighted by Crippen LogP contribution is 2.54. The molecule has 0 saturated heterocycles. The van der Waals surface area contributed by atoms with E-state index in [1.165, 1.54) is 22.0 Å². The van der Waals surface area contributed by atoms with Gasteiger partial charge in [-0.2, -0.15) is 0 Å². The van der Waals surface area contributed by atoms with Crippen LogP contribution in [0.4, 0.5) is 0 Å². The van der Waals surface area contributed by atoms with E-state index in [4.69, 9.17) is 4.74 Å². The van der Waals surface area contributed by atoms with Crippen molar-refractivity contribution in [3.8, 4) is 5.75 Å². The van der Waals surface area contributed by atoms with Gasteiger partial charge in [-0.05, 0) is 53.5 Å². The lowest BCUT2D eigenvalue weighted by molar-refractivity contribution is 0.226. The summed E-state index contributed by atoms with van der Waals surface area (Å²) in [7, 11) is 1.71. The Kier molecular flexibility index (Phi) is 3.84. The van der Waals surface area contributed by atoms with Gasteiger partial charge in [0.05, 0.1) is 7.11 Å². The number of methoxy groups -OCH3 is 1. The number of hydrogen-bond acceptors (Lipinski definition) is 1. The minimum Gasteiger partial charge on any atom is -0.497 e. The van der Waals surface area contributed by atoms with E-state index in [-0.39, 0.29) is 0 Å². The summed E-state index contributed by atoms with van der Waals surface area (Å²) in [6.45, 7) is 2.35. The summed E-state index contributed by atoms with van der Waals surface area (Å²) in [6, 6.07) is 17.2. The maximum atomic E-state index is 5.24. The Morgan fingerprint density at radius 1 is 1.05 bits per heavy atom. The van der Waals surface area contributed by atoms with E-state index < -0.39 is 0 Å². The molecule has 1 saturated carbocycles. The molecule has 0 radical (unpaired) electrons. The molecule has 3 atom stereocenters. The van der Waals surface area contributed by atoms with Crippen molar-refractivity contribution < 1.29 is 4.74 Å². The first-order valence-corrected chi connectivity index (χ1v) is 7.88. The van der Waals surface area contributed by atoms with Crippen LogP contribution in [-0.2, 0) is 0 Å². The van der Waals surface area contributed by atoms with Gasteiger partial charge in [0.2, 0.25) is 0 Å². The van der Waals surface area contributed by atoms with Crippen molar-refractivity contribution in [2.75, 3.05) is 7.11 Å². The van der Waals surface area contributed by atoms with Gasteiger partial charge in [-0.15, -0.1) is 0 Å². The smallest absolute Gasteiger partial charge is 0.118 e. The van der Waals surface area contributed by atoms with Gasteiger partial charge >= 0.3 is 0 Å². The van der Waals surface area contributed by atoms with Gasteiger partial charge in [-0.3, -0.25) is 0 Å². The number of benzene rings is 2. The quantitative estimate of drug-likeness (QED) is 0.735. The maximum Gasteiger partial charge on any atom is 0.118 e. The number of hydrogen-bond donors (Lipinski definition) is 0. The predicted molar refractivity (Wildman–Crippen MR) is 86.4 cm³/mol. The lowest BCUT2D eigenvalue weighted by Crippen LogP contribution is -2.31. The Morgan fingerprint density at radius 3 is 2.35 bits per heavy atom. The minimum atomic E-state index is 0.610. The summed E-state index contributed by atoms with van der Waals surface area (Å²) < 4.78 is 6.48. The van der Waals surface area contributed by atoms with Gasteiger partial charge < -0.3 is 4.74 Å². The standard InChI is InChI=1S/C18H19BrO/c1-12-11-16(13-7-9-14(20-2)10-8-13)18(12)15-5-3-4-6-17(15)19/h3-10,12,16,18H,11H2,1-2H3. The molecule has 20 heavy (non-hydrogen) atoms. The predicted octanol–water partition coefficient (Wildman–Crippen LogP) is 5.36. The van der Waals surface area contributed by atoms with Gasteiger partial charge in [0.25, 0.3) is 0 Å². The van der Waals surface area contributed by atoms with Crippen LogP contribution in [0.2, 0.25) is 0 Å². The zero-order valence-electron chi connectivity index (χ0n) is 11.8. The van der Waals surface area contributed by atoms with Crippen LogP contribution >= 0.6 is 15.9 Å². The van der Waals surface area contributed by atoms with Crippen molar-refractivity contribution in [1.29, 1.82) is 0 Å². The van der Waals surface area contributed by atoms with E-state index in [1.807, 2.05) is 0 Å². The second-order valence-corrected chi connectivity index (χ2v) is 6.49. The molecule has 3 unspecified atom stereocenters. The first-order chi connectivity index (χ1) is 9.70. The molecule has 0 spiro atoms. The molecule has 2 aromatic carbocycles. The molecule has 1 aliphatic carbocycles. The van der Waals surface area contributed by atoms with Crippen LogP contribution in [0.5, 0.6) is 5.75 Å². The summed E-state index contributed by atoms with van der Waals surface area (Å²) in [4.78, 5) is 0. The fourth-order valence-electron chi connectivity index (χ4n) is 3.36. The Morgan fingerprint density at radius 2 is 1.75 bits per heavy atom. The van der Waals surface area contributed by atoms with E-state index in [1.54, 1.807) is 7.11 Å². The summed E-state index contributed by atoms with van der Waals surface area (Å²) in [6.07, 6.45) is 1.26. The molecule has 2 aromatic rings. The summed E-state index contributed by atoms with van der Waals surface area (Å²) in [5, 5.41) is 0. The van der Waals surface area contributed by atoms with Crippen molar-refractivity contribution in [2.45, 2.75) is 25.2 Å². The first-order valence-electron chi connectivity index (χ1n) is 7.09. The molecule has 2 heteroatoms. The van der Waals surface area contributed by atoms with E-state index >= 15 is 0 Å². The zero-order valence-corrected chi connectivity index (χ0v) is 13.4. The Hall–Kier alpha value is -1.28. The Bertz CT molecular complexity index is 591. The van der Waals surface area contributed by atoms with E-state index in [0.717, 1.165) is 11.7 Å². The molecule has 1 aliphatic rings. The second kappa shape index (κ2) is 5.61. The fraction of sp³-hybridized carbons (Fsp3) is 0.333. The third-order valence-electron chi connectivity index (χ3n) is 4.48. The topological polar surface area (TPSA) is 9.23 Å². The zero-order chi connectivity index (χ0) is 14.1. The molecule has 0 aliphatic heterocycles. The number of ether oxygens (including phenoxy) is 1. The molecule has 1 nitrogen and oxygen atoms in total. The monoisotopic (exact) mass is 330 g/mol. The molecular formula is C18H19BrO. The maximum absolute atomic E-state index is 5.24. The summed E-state index contributed by atoms with van der Waals surface area (Å²) >= 11 is 3.70. The van der Waals surface area contributed by atoms with Gasteiger partial charge in [-0.25, -0.2) is 0 Å². The molecule has 3 rings (SSSR count). The van der Waals surface area contributed by atoms with E-state index in [2.05, 4.69) is 71.4 Å². The van der Waals surface area contributed by atoms with Crippen LogP contribution in [-0.4, -0.2) is 7.11 Å². The molecule has 0 heterocycles. The molecule has 0 bridgehead atoms. The number of halogens is 1. The van der Waals surface area contributed by atoms with Crippen molar-refractivity contribution >= 4 is 15.9 Å². The normalized spacial score (nSPS) is 25.1. The SMILES string of the molecule is COc1ccc(C2CC(C)C2c2ccccc2Br)cc1. The average Bonchev–Trinajstić information content (AvgIpc) is 2.47. The van der Waals surface area contributed by atoms with Crippen LogP contribution in [0.25, 0.3) is 0 Å². The minimum absolute atomic E-state index is 0.610. The second-order valence-electron chi connectivity index (χ2n) is 5.64. The van der Waals surface area contributed by atoms with Crippen LogP contribution in [0, 0.1) is 5.92 Å². The Balaban J connectivity index is 1.89. The highest BCUT2D eigenvalue weighted by molar-refractivity contribution is 9.10. The van der Waals surface area contributed by atoms with E-state index in [0.29, 0.717) is 11.8 Å². The highest BCUT2D eigenvalue weighted by Gasteiger charge is 2.40. The van der Waals surface area contributed by atoms with Crippen LogP contribution in [0.1, 0.15) is 36.3 Å². The Labute approximate surface area is 129 Å². The van der Waals surface area contributed by atoms with Crippen molar-refractivity contribution in [1.82, 2.24) is 0 Å². The molecule has 0 N–H and O–H groups in total. The molecule has 104 valence electrons. The van der Waals surface area contributed by atoms with Crippen molar-refractivity contribution in [2.24, 2.45) is 5.92 Å².